The van der Waals surface area contributed by atoms with E-state index < -0.39 is 18.7 Å². The van der Waals surface area contributed by atoms with Crippen molar-refractivity contribution < 1.29 is 24.2 Å². The highest BCUT2D eigenvalue weighted by Crippen LogP contribution is 2.32. The summed E-state index contributed by atoms with van der Waals surface area (Å²) in [5.41, 5.74) is 0.660. The molecule has 2 aromatic carbocycles. The van der Waals surface area contributed by atoms with Crippen molar-refractivity contribution in [3.05, 3.63) is 36.4 Å². The number of aliphatic carboxylic acids is 1. The van der Waals surface area contributed by atoms with Crippen molar-refractivity contribution in [2.24, 2.45) is 0 Å². The summed E-state index contributed by atoms with van der Waals surface area (Å²) < 4.78 is 10.8. The fourth-order valence-electron chi connectivity index (χ4n) is 2.81. The van der Waals surface area contributed by atoms with Gasteiger partial charge in [-0.25, -0.2) is 4.79 Å². The third-order valence-corrected chi connectivity index (χ3v) is 3.97. The number of carbonyl (C=O) groups is 2. The number of hydrogen-bond acceptors (Lipinski definition) is 4. The molecule has 24 heavy (non-hydrogen) atoms. The lowest BCUT2D eigenvalue weighted by atomic mass is 10.1. The minimum Gasteiger partial charge on any atom is -0.481 e. The van der Waals surface area contributed by atoms with Crippen LogP contribution in [0.3, 0.4) is 0 Å². The molecule has 2 N–H and O–H groups in total. The van der Waals surface area contributed by atoms with Crippen molar-refractivity contribution in [1.82, 2.24) is 0 Å². The van der Waals surface area contributed by atoms with Crippen LogP contribution in [0.15, 0.2) is 36.4 Å². The summed E-state index contributed by atoms with van der Waals surface area (Å²) in [4.78, 5) is 23.1. The van der Waals surface area contributed by atoms with Crippen molar-refractivity contribution in [2.45, 2.75) is 25.4 Å². The maximum atomic E-state index is 12.4. The number of carboxylic acid groups (broad SMARTS) is 1. The SMILES string of the molecule is O=C(O)COc1ccc(NC(=O)C2CCCCO2)c2ccccc12. The van der Waals surface area contributed by atoms with Crippen LogP contribution in [-0.4, -0.2) is 36.3 Å². The Morgan fingerprint density at radius 2 is 1.96 bits per heavy atom. The zero-order chi connectivity index (χ0) is 16.9. The second-order valence-corrected chi connectivity index (χ2v) is 5.68. The van der Waals surface area contributed by atoms with E-state index in [9.17, 15) is 9.59 Å². The molecule has 1 amide bonds. The number of ether oxygens (including phenoxy) is 2. The van der Waals surface area contributed by atoms with Gasteiger partial charge >= 0.3 is 5.97 Å². The van der Waals surface area contributed by atoms with Crippen molar-refractivity contribution in [1.29, 1.82) is 0 Å². The Kier molecular flexibility index (Phi) is 4.96. The van der Waals surface area contributed by atoms with Gasteiger partial charge < -0.3 is 19.9 Å². The van der Waals surface area contributed by atoms with Crippen LogP contribution < -0.4 is 10.1 Å². The van der Waals surface area contributed by atoms with Gasteiger partial charge in [-0.3, -0.25) is 4.79 Å². The van der Waals surface area contributed by atoms with Gasteiger partial charge in [-0.1, -0.05) is 24.3 Å². The Hall–Kier alpha value is -2.60. The number of carbonyl (C=O) groups excluding carboxylic acids is 1. The summed E-state index contributed by atoms with van der Waals surface area (Å²) in [6, 6.07) is 10.8. The largest absolute Gasteiger partial charge is 0.481 e. The van der Waals surface area contributed by atoms with E-state index in [1.807, 2.05) is 24.3 Å². The Bertz CT molecular complexity index is 752. The first-order chi connectivity index (χ1) is 11.6. The first kappa shape index (κ1) is 16.3. The van der Waals surface area contributed by atoms with Gasteiger partial charge in [0.05, 0.1) is 0 Å². The minimum absolute atomic E-state index is 0.154. The highest BCUT2D eigenvalue weighted by molar-refractivity contribution is 6.05. The van der Waals surface area contributed by atoms with E-state index in [1.165, 1.54) is 0 Å². The van der Waals surface area contributed by atoms with Gasteiger partial charge in [0.1, 0.15) is 11.9 Å². The molecule has 0 radical (unpaired) electrons. The van der Waals surface area contributed by atoms with Gasteiger partial charge in [-0.05, 0) is 31.4 Å². The lowest BCUT2D eigenvalue weighted by molar-refractivity contribution is -0.139. The van der Waals surface area contributed by atoms with Crippen LogP contribution in [-0.2, 0) is 14.3 Å². The van der Waals surface area contributed by atoms with Crippen molar-refractivity contribution in [3.63, 3.8) is 0 Å². The molecule has 0 spiro atoms. The normalized spacial score (nSPS) is 17.4. The molecular formula is C18H19NO5. The Morgan fingerprint density at radius 3 is 2.67 bits per heavy atom. The van der Waals surface area contributed by atoms with E-state index in [0.717, 1.165) is 30.0 Å². The minimum atomic E-state index is -1.04. The van der Waals surface area contributed by atoms with E-state index in [4.69, 9.17) is 14.6 Å². The van der Waals surface area contributed by atoms with E-state index in [1.54, 1.807) is 12.1 Å². The highest BCUT2D eigenvalue weighted by atomic mass is 16.5. The number of nitrogens with one attached hydrogen (secondary N) is 1. The molecule has 6 heteroatoms. The summed E-state index contributed by atoms with van der Waals surface area (Å²) in [6.07, 6.45) is 2.28. The first-order valence-electron chi connectivity index (χ1n) is 7.94. The molecular weight excluding hydrogens is 310 g/mol. The van der Waals surface area contributed by atoms with Gasteiger partial charge in [-0.15, -0.1) is 0 Å². The second-order valence-electron chi connectivity index (χ2n) is 5.68. The smallest absolute Gasteiger partial charge is 0.341 e. The van der Waals surface area contributed by atoms with Crippen LogP contribution in [0, 0.1) is 0 Å². The molecule has 6 nitrogen and oxygen atoms in total. The molecule has 1 atom stereocenters. The monoisotopic (exact) mass is 329 g/mol. The van der Waals surface area contributed by atoms with Crippen molar-refractivity contribution in [2.75, 3.05) is 18.5 Å². The van der Waals surface area contributed by atoms with Gasteiger partial charge in [0.25, 0.3) is 5.91 Å². The van der Waals surface area contributed by atoms with Crippen LogP contribution in [0.2, 0.25) is 0 Å². The van der Waals surface area contributed by atoms with Crippen LogP contribution in [0.25, 0.3) is 10.8 Å². The number of rotatable bonds is 5. The van der Waals surface area contributed by atoms with Gasteiger partial charge in [0.2, 0.25) is 0 Å². The number of benzene rings is 2. The molecule has 1 unspecified atom stereocenters. The van der Waals surface area contributed by atoms with Crippen molar-refractivity contribution in [3.8, 4) is 5.75 Å². The third kappa shape index (κ3) is 3.65. The number of carboxylic acids is 1. The van der Waals surface area contributed by atoms with E-state index >= 15 is 0 Å². The van der Waals surface area contributed by atoms with E-state index in [2.05, 4.69) is 5.32 Å². The molecule has 0 saturated carbocycles. The molecule has 0 aromatic heterocycles. The molecule has 1 saturated heterocycles. The standard InChI is InChI=1S/C18H19NO5/c20-17(21)11-24-15-9-8-14(12-5-1-2-6-13(12)15)19-18(22)16-7-3-4-10-23-16/h1-2,5-6,8-9,16H,3-4,7,10-11H2,(H,19,22)(H,20,21). The summed E-state index contributed by atoms with van der Waals surface area (Å²) in [5.74, 6) is -0.718. The molecule has 1 aliphatic rings. The highest BCUT2D eigenvalue weighted by Gasteiger charge is 2.22. The molecule has 2 aromatic rings. The maximum absolute atomic E-state index is 12.4. The molecule has 1 heterocycles. The van der Waals surface area contributed by atoms with Gasteiger partial charge in [0, 0.05) is 23.1 Å². The predicted octanol–water partition coefficient (Wildman–Crippen LogP) is 2.81. The average molecular weight is 329 g/mol. The van der Waals surface area contributed by atoms with Crippen LogP contribution >= 0.6 is 0 Å². The second kappa shape index (κ2) is 7.31. The number of fused-ring (bicyclic) bond motifs is 1. The third-order valence-electron chi connectivity index (χ3n) is 3.97. The number of anilines is 1. The summed E-state index contributed by atoms with van der Waals surface area (Å²) in [7, 11) is 0. The average Bonchev–Trinajstić information content (AvgIpc) is 2.61. The van der Waals surface area contributed by atoms with Crippen LogP contribution in [0.5, 0.6) is 5.75 Å². The predicted molar refractivity (Wildman–Crippen MR) is 89.3 cm³/mol. The van der Waals surface area contributed by atoms with Crippen LogP contribution in [0.1, 0.15) is 19.3 Å². The zero-order valence-corrected chi connectivity index (χ0v) is 13.2. The molecule has 3 rings (SSSR count). The Labute approximate surface area is 139 Å². The zero-order valence-electron chi connectivity index (χ0n) is 13.2. The van der Waals surface area contributed by atoms with Crippen molar-refractivity contribution >= 4 is 28.3 Å². The fraction of sp³-hybridized carbons (Fsp3) is 0.333. The number of amides is 1. The molecule has 1 aliphatic heterocycles. The molecule has 0 bridgehead atoms. The topological polar surface area (TPSA) is 84.9 Å². The lowest BCUT2D eigenvalue weighted by Crippen LogP contribution is -2.33. The molecule has 1 fully saturated rings. The van der Waals surface area contributed by atoms with Crippen LogP contribution in [0.4, 0.5) is 5.69 Å². The van der Waals surface area contributed by atoms with E-state index in [-0.39, 0.29) is 5.91 Å². The Morgan fingerprint density at radius 1 is 1.17 bits per heavy atom. The van der Waals surface area contributed by atoms with E-state index in [0.29, 0.717) is 18.0 Å². The maximum Gasteiger partial charge on any atom is 0.341 e. The Balaban J connectivity index is 1.84. The van der Waals surface area contributed by atoms with Gasteiger partial charge in [-0.2, -0.15) is 0 Å². The number of hydrogen-bond donors (Lipinski definition) is 2. The molecule has 0 aliphatic carbocycles. The quantitative estimate of drug-likeness (QED) is 0.881. The first-order valence-corrected chi connectivity index (χ1v) is 7.94. The summed E-state index contributed by atoms with van der Waals surface area (Å²) in [6.45, 7) is 0.201. The molecule has 126 valence electrons. The summed E-state index contributed by atoms with van der Waals surface area (Å²) in [5, 5.41) is 13.2. The lowest BCUT2D eigenvalue weighted by Gasteiger charge is -2.22. The summed E-state index contributed by atoms with van der Waals surface area (Å²) >= 11 is 0. The fourth-order valence-corrected chi connectivity index (χ4v) is 2.81. The van der Waals surface area contributed by atoms with Gasteiger partial charge in [0.15, 0.2) is 6.61 Å².